The van der Waals surface area contributed by atoms with Crippen molar-refractivity contribution in [3.8, 4) is 5.75 Å². The first-order chi connectivity index (χ1) is 16.5. The molecule has 0 bridgehead atoms. The van der Waals surface area contributed by atoms with E-state index in [-0.39, 0.29) is 11.8 Å². The van der Waals surface area contributed by atoms with Crippen LogP contribution < -0.4 is 4.74 Å². The Morgan fingerprint density at radius 1 is 0.971 bits per heavy atom. The highest BCUT2D eigenvalue weighted by Gasteiger charge is 2.29. The summed E-state index contributed by atoms with van der Waals surface area (Å²) in [5.74, 6) is 0.919. The number of benzene rings is 2. The lowest BCUT2D eigenvalue weighted by molar-refractivity contribution is -0.131. The maximum absolute atomic E-state index is 13.8. The van der Waals surface area contributed by atoms with Gasteiger partial charge in [-0.2, -0.15) is 0 Å². The number of pyridine rings is 1. The summed E-state index contributed by atoms with van der Waals surface area (Å²) in [5.41, 5.74) is 6.02. The van der Waals surface area contributed by atoms with Gasteiger partial charge in [-0.15, -0.1) is 0 Å². The number of methoxy groups -OCH3 is 1. The molecule has 1 saturated heterocycles. The van der Waals surface area contributed by atoms with Crippen LogP contribution in [0.4, 0.5) is 0 Å². The number of fused-ring (bicyclic) bond motifs is 2. The summed E-state index contributed by atoms with van der Waals surface area (Å²) >= 11 is 0. The van der Waals surface area contributed by atoms with E-state index in [4.69, 9.17) is 9.72 Å². The third kappa shape index (κ3) is 4.37. The average molecular weight is 458 g/mol. The third-order valence-electron chi connectivity index (χ3n) is 7.04. The van der Waals surface area contributed by atoms with Crippen LogP contribution in [0.1, 0.15) is 45.6 Å². The molecule has 6 heteroatoms. The zero-order valence-corrected chi connectivity index (χ0v) is 20.0. The first-order valence-corrected chi connectivity index (χ1v) is 12.2. The lowest BCUT2D eigenvalue weighted by atomic mass is 9.89. The van der Waals surface area contributed by atoms with Gasteiger partial charge in [0.2, 0.25) is 5.91 Å². The van der Waals surface area contributed by atoms with Gasteiger partial charge < -0.3 is 14.5 Å². The van der Waals surface area contributed by atoms with Gasteiger partial charge in [0.25, 0.3) is 5.91 Å². The number of hydrogen-bond donors (Lipinski definition) is 0. The van der Waals surface area contributed by atoms with Gasteiger partial charge in [0.15, 0.2) is 0 Å². The van der Waals surface area contributed by atoms with Crippen molar-refractivity contribution in [2.75, 3.05) is 33.3 Å². The molecule has 3 aromatic rings. The monoisotopic (exact) mass is 457 g/mol. The molecule has 0 atom stereocenters. The van der Waals surface area contributed by atoms with E-state index in [1.165, 1.54) is 0 Å². The molecule has 1 fully saturated rings. The summed E-state index contributed by atoms with van der Waals surface area (Å²) in [6, 6.07) is 13.8. The van der Waals surface area contributed by atoms with Crippen molar-refractivity contribution in [2.45, 2.75) is 39.0 Å². The minimum Gasteiger partial charge on any atom is -0.497 e. The summed E-state index contributed by atoms with van der Waals surface area (Å²) in [7, 11) is 1.63. The Hall–Kier alpha value is -3.41. The van der Waals surface area contributed by atoms with Gasteiger partial charge in [-0.1, -0.05) is 23.8 Å². The maximum atomic E-state index is 13.8. The van der Waals surface area contributed by atoms with Gasteiger partial charge in [0.05, 0.1) is 24.6 Å². The predicted molar refractivity (Wildman–Crippen MR) is 132 cm³/mol. The summed E-state index contributed by atoms with van der Waals surface area (Å²) in [4.78, 5) is 35.4. The molecule has 176 valence electrons. The molecule has 2 amide bonds. The van der Waals surface area contributed by atoms with Crippen LogP contribution in [0.3, 0.4) is 0 Å². The normalized spacial score (nSPS) is 15.8. The van der Waals surface area contributed by atoms with Crippen LogP contribution in [-0.4, -0.2) is 59.9 Å². The number of nitrogens with zero attached hydrogens (tertiary/aromatic N) is 3. The summed E-state index contributed by atoms with van der Waals surface area (Å²) in [5, 5.41) is 0.960. The van der Waals surface area contributed by atoms with Gasteiger partial charge in [0, 0.05) is 37.3 Å². The van der Waals surface area contributed by atoms with Crippen molar-refractivity contribution in [1.29, 1.82) is 0 Å². The molecule has 0 unspecified atom stereocenters. The minimum absolute atomic E-state index is 0.0797. The number of aromatic nitrogens is 1. The SMILES string of the molecule is COc1cccc(CC(=O)N2CCN(C(=O)c3c4c(nc5ccc(C)cc35)CCCC4)CC2)c1. The zero-order valence-electron chi connectivity index (χ0n) is 20.0. The second-order valence-corrected chi connectivity index (χ2v) is 9.34. The fourth-order valence-electron chi connectivity index (χ4n) is 5.17. The van der Waals surface area contributed by atoms with Crippen molar-refractivity contribution < 1.29 is 14.3 Å². The van der Waals surface area contributed by atoms with E-state index in [1.54, 1.807) is 7.11 Å². The molecular weight excluding hydrogens is 426 g/mol. The van der Waals surface area contributed by atoms with Gasteiger partial charge in [-0.3, -0.25) is 14.6 Å². The molecule has 0 N–H and O–H groups in total. The molecule has 0 saturated carbocycles. The number of ether oxygens (including phenoxy) is 1. The smallest absolute Gasteiger partial charge is 0.255 e. The Kier molecular flexibility index (Phi) is 6.22. The first kappa shape index (κ1) is 22.4. The fraction of sp³-hybridized carbons (Fsp3) is 0.393. The molecule has 1 aromatic heterocycles. The molecule has 2 heterocycles. The molecule has 2 aromatic carbocycles. The van der Waals surface area contributed by atoms with Crippen LogP contribution in [0.5, 0.6) is 5.75 Å². The fourth-order valence-corrected chi connectivity index (χ4v) is 5.17. The lowest BCUT2D eigenvalue weighted by Gasteiger charge is -2.35. The van der Waals surface area contributed by atoms with Crippen LogP contribution in [0, 0.1) is 6.92 Å². The number of hydrogen-bond acceptors (Lipinski definition) is 4. The van der Waals surface area contributed by atoms with Crippen molar-refractivity contribution in [3.05, 3.63) is 70.4 Å². The highest BCUT2D eigenvalue weighted by Crippen LogP contribution is 2.31. The van der Waals surface area contributed by atoms with Crippen LogP contribution in [0.15, 0.2) is 42.5 Å². The quantitative estimate of drug-likeness (QED) is 0.595. The van der Waals surface area contributed by atoms with Crippen LogP contribution in [0.2, 0.25) is 0 Å². The van der Waals surface area contributed by atoms with Crippen molar-refractivity contribution >= 4 is 22.7 Å². The largest absolute Gasteiger partial charge is 0.497 e. The molecular formula is C28H31N3O3. The molecule has 2 aliphatic rings. The maximum Gasteiger partial charge on any atom is 0.255 e. The van der Waals surface area contributed by atoms with Crippen LogP contribution in [-0.2, 0) is 24.1 Å². The van der Waals surface area contributed by atoms with Gasteiger partial charge in [0.1, 0.15) is 5.75 Å². The van der Waals surface area contributed by atoms with Gasteiger partial charge in [-0.25, -0.2) is 0 Å². The summed E-state index contributed by atoms with van der Waals surface area (Å²) < 4.78 is 5.27. The third-order valence-corrected chi connectivity index (χ3v) is 7.04. The Labute approximate surface area is 200 Å². The van der Waals surface area contributed by atoms with Crippen molar-refractivity contribution in [2.24, 2.45) is 0 Å². The molecule has 1 aliphatic heterocycles. The number of amides is 2. The van der Waals surface area contributed by atoms with E-state index >= 15 is 0 Å². The Morgan fingerprint density at radius 2 is 1.74 bits per heavy atom. The Morgan fingerprint density at radius 3 is 2.53 bits per heavy atom. The molecule has 34 heavy (non-hydrogen) atoms. The van der Waals surface area contributed by atoms with E-state index in [1.807, 2.05) is 40.1 Å². The summed E-state index contributed by atoms with van der Waals surface area (Å²) in [6.07, 6.45) is 4.41. The van der Waals surface area contributed by atoms with E-state index in [0.717, 1.165) is 70.3 Å². The molecule has 0 spiro atoms. The molecule has 5 rings (SSSR count). The van der Waals surface area contributed by atoms with Gasteiger partial charge >= 0.3 is 0 Å². The standard InChI is InChI=1S/C28H31N3O3/c1-19-10-11-25-23(16-19)27(22-8-3-4-9-24(22)29-25)28(33)31-14-12-30(13-15-31)26(32)18-20-6-5-7-21(17-20)34-2/h5-7,10-11,16-17H,3-4,8-9,12-15,18H2,1-2H3. The van der Waals surface area contributed by atoms with E-state index in [9.17, 15) is 9.59 Å². The Balaban J connectivity index is 1.33. The van der Waals surface area contributed by atoms with Gasteiger partial charge in [-0.05, 0) is 68.0 Å². The van der Waals surface area contributed by atoms with Crippen molar-refractivity contribution in [3.63, 3.8) is 0 Å². The highest BCUT2D eigenvalue weighted by atomic mass is 16.5. The average Bonchev–Trinajstić information content (AvgIpc) is 2.87. The van der Waals surface area contributed by atoms with Crippen molar-refractivity contribution in [1.82, 2.24) is 14.8 Å². The van der Waals surface area contributed by atoms with Crippen LogP contribution >= 0.6 is 0 Å². The van der Waals surface area contributed by atoms with Crippen LogP contribution in [0.25, 0.3) is 10.9 Å². The number of rotatable bonds is 4. The number of carbonyl (C=O) groups excluding carboxylic acids is 2. The second-order valence-electron chi connectivity index (χ2n) is 9.34. The molecule has 1 aliphatic carbocycles. The second kappa shape index (κ2) is 9.45. The topological polar surface area (TPSA) is 62.7 Å². The lowest BCUT2D eigenvalue weighted by Crippen LogP contribution is -2.51. The first-order valence-electron chi connectivity index (χ1n) is 12.2. The summed E-state index contributed by atoms with van der Waals surface area (Å²) in [6.45, 7) is 4.26. The van der Waals surface area contributed by atoms with E-state index < -0.39 is 0 Å². The highest BCUT2D eigenvalue weighted by molar-refractivity contribution is 6.08. The molecule has 6 nitrogen and oxygen atoms in total. The molecule has 0 radical (unpaired) electrons. The van der Waals surface area contributed by atoms with E-state index in [0.29, 0.717) is 32.6 Å². The number of carbonyl (C=O) groups is 2. The predicted octanol–water partition coefficient (Wildman–Crippen LogP) is 3.96. The number of piperazine rings is 1. The Bertz CT molecular complexity index is 1250. The number of aryl methyl sites for hydroxylation is 2. The zero-order chi connectivity index (χ0) is 23.7. The minimum atomic E-state index is 0.0797. The van der Waals surface area contributed by atoms with E-state index in [2.05, 4.69) is 19.1 Å².